The summed E-state index contributed by atoms with van der Waals surface area (Å²) in [6.07, 6.45) is 5.20. The fourth-order valence-electron chi connectivity index (χ4n) is 3.55. The monoisotopic (exact) mass is 500 g/mol. The average Bonchev–Trinajstić information content (AvgIpc) is 3.30. The number of urea groups is 1. The van der Waals surface area contributed by atoms with Gasteiger partial charge in [0.25, 0.3) is 5.91 Å². The lowest BCUT2D eigenvalue weighted by atomic mass is 9.86. The number of allylic oxidation sites excluding steroid dienone is 1. The van der Waals surface area contributed by atoms with Crippen molar-refractivity contribution in [2.24, 2.45) is 11.3 Å². The third kappa shape index (κ3) is 7.75. The molecule has 3 amide bonds. The molecule has 2 aromatic rings. The molecule has 8 heteroatoms. The number of ether oxygens (including phenoxy) is 1. The summed E-state index contributed by atoms with van der Waals surface area (Å²) in [6.45, 7) is 10.8. The molecule has 4 rings (SSSR count). The van der Waals surface area contributed by atoms with Gasteiger partial charge in [0.15, 0.2) is 0 Å². The van der Waals surface area contributed by atoms with Crippen molar-refractivity contribution in [3.05, 3.63) is 65.9 Å². The minimum absolute atomic E-state index is 0. The minimum atomic E-state index is -0.422. The van der Waals surface area contributed by atoms with Gasteiger partial charge < -0.3 is 25.5 Å². The van der Waals surface area contributed by atoms with E-state index in [9.17, 15) is 9.59 Å². The largest absolute Gasteiger partial charge is 0.493 e. The van der Waals surface area contributed by atoms with Gasteiger partial charge in [-0.2, -0.15) is 0 Å². The lowest BCUT2D eigenvalue weighted by Gasteiger charge is -2.25. The molecule has 0 radical (unpaired) electrons. The van der Waals surface area contributed by atoms with Crippen molar-refractivity contribution >= 4 is 23.3 Å². The Balaban J connectivity index is 0.00000282. The first-order valence-corrected chi connectivity index (χ1v) is 12.6. The van der Waals surface area contributed by atoms with Crippen LogP contribution in [0.3, 0.4) is 0 Å². The molecule has 1 fully saturated rings. The van der Waals surface area contributed by atoms with Gasteiger partial charge in [-0.05, 0) is 73.4 Å². The highest BCUT2D eigenvalue weighted by Crippen LogP contribution is 2.28. The Morgan fingerprint density at radius 1 is 1.00 bits per heavy atom. The molecule has 1 atom stereocenters. The zero-order chi connectivity index (χ0) is 26.1. The van der Waals surface area contributed by atoms with Gasteiger partial charge in [0, 0.05) is 26.6 Å². The third-order valence-corrected chi connectivity index (χ3v) is 5.87. The molecule has 1 heterocycles. The highest BCUT2D eigenvalue weighted by molar-refractivity contribution is 6.04. The summed E-state index contributed by atoms with van der Waals surface area (Å²) < 4.78 is 5.79. The molecule has 1 aliphatic heterocycles. The van der Waals surface area contributed by atoms with E-state index in [1.807, 2.05) is 65.0 Å². The normalized spacial score (nSPS) is 16.9. The van der Waals surface area contributed by atoms with Crippen LogP contribution in [0.1, 0.15) is 68.5 Å². The summed E-state index contributed by atoms with van der Waals surface area (Å²) in [4.78, 5) is 30.3. The van der Waals surface area contributed by atoms with Crippen molar-refractivity contribution in [1.29, 1.82) is 0 Å². The van der Waals surface area contributed by atoms with Gasteiger partial charge in [0.2, 0.25) is 0 Å². The summed E-state index contributed by atoms with van der Waals surface area (Å²) in [5, 5.41) is 8.40. The second kappa shape index (κ2) is 12.4. The van der Waals surface area contributed by atoms with E-state index >= 15 is 0 Å². The number of benzene rings is 2. The highest BCUT2D eigenvalue weighted by Gasteiger charge is 2.27. The van der Waals surface area contributed by atoms with Crippen LogP contribution in [0.25, 0.3) is 0 Å². The summed E-state index contributed by atoms with van der Waals surface area (Å²) in [5.41, 5.74) is 4.37. The van der Waals surface area contributed by atoms with Crippen LogP contribution in [0, 0.1) is 11.3 Å². The number of carbonyl (C=O) groups excluding carboxylic acids is 2. The number of hydrogen-bond donors (Lipinski definition) is 4. The maximum absolute atomic E-state index is 12.6. The summed E-state index contributed by atoms with van der Waals surface area (Å²) >= 11 is 0. The van der Waals surface area contributed by atoms with Crippen molar-refractivity contribution in [3.63, 3.8) is 0 Å². The molecular weight excluding hydrogens is 456 g/mol. The number of nitrogens with one attached hydrogen (secondary N) is 4. The first kappa shape index (κ1) is 27.1. The Labute approximate surface area is 218 Å². The average molecular weight is 501 g/mol. The fourth-order valence-corrected chi connectivity index (χ4v) is 3.55. The molecule has 1 saturated carbocycles. The van der Waals surface area contributed by atoms with Crippen molar-refractivity contribution in [1.82, 2.24) is 10.8 Å². The molecule has 2 aromatic carbocycles. The van der Waals surface area contributed by atoms with Gasteiger partial charge in [0.05, 0.1) is 6.61 Å². The summed E-state index contributed by atoms with van der Waals surface area (Å²) in [5.74, 6) is 2.02. The van der Waals surface area contributed by atoms with Crippen LogP contribution in [-0.4, -0.2) is 24.7 Å². The van der Waals surface area contributed by atoms with E-state index in [1.54, 1.807) is 24.3 Å². The third-order valence-electron chi connectivity index (χ3n) is 5.87. The van der Waals surface area contributed by atoms with E-state index in [0.29, 0.717) is 22.9 Å². The first-order valence-electron chi connectivity index (χ1n) is 12.6. The quantitative estimate of drug-likeness (QED) is 0.335. The minimum Gasteiger partial charge on any atom is -0.493 e. The number of anilines is 2. The molecule has 36 heavy (non-hydrogen) atoms. The zero-order valence-electron chi connectivity index (χ0n) is 21.8. The lowest BCUT2D eigenvalue weighted by Crippen LogP contribution is -2.43. The maximum atomic E-state index is 12.6. The predicted octanol–water partition coefficient (Wildman–Crippen LogP) is 6.79. The molecule has 1 unspecified atom stereocenters. The van der Waals surface area contributed by atoms with Crippen LogP contribution in [0.5, 0.6) is 5.75 Å². The van der Waals surface area contributed by atoms with Gasteiger partial charge in [-0.15, -0.1) is 5.48 Å². The highest BCUT2D eigenvalue weighted by atomic mass is 16.7. The van der Waals surface area contributed by atoms with Gasteiger partial charge in [-0.25, -0.2) is 4.79 Å². The zero-order valence-corrected chi connectivity index (χ0v) is 21.8. The van der Waals surface area contributed by atoms with E-state index in [2.05, 4.69) is 21.4 Å². The van der Waals surface area contributed by atoms with Crippen molar-refractivity contribution in [2.45, 2.75) is 60.0 Å². The van der Waals surface area contributed by atoms with Crippen LogP contribution in [-0.2, 0) is 4.84 Å². The topological polar surface area (TPSA) is 101 Å². The van der Waals surface area contributed by atoms with E-state index < -0.39 is 6.17 Å². The van der Waals surface area contributed by atoms with Crippen LogP contribution >= 0.6 is 0 Å². The van der Waals surface area contributed by atoms with Crippen molar-refractivity contribution < 1.29 is 23.4 Å². The molecule has 200 valence electrons. The smallest absolute Gasteiger partial charge is 0.320 e. The molecule has 0 bridgehead atoms. The Hall–Kier alpha value is -3.52. The van der Waals surface area contributed by atoms with Crippen LogP contribution < -0.4 is 26.2 Å². The van der Waals surface area contributed by atoms with E-state index in [1.165, 1.54) is 19.3 Å². The molecule has 0 spiro atoms. The first-order chi connectivity index (χ1) is 17.3. The van der Waals surface area contributed by atoms with Gasteiger partial charge in [-0.1, -0.05) is 41.0 Å². The Morgan fingerprint density at radius 2 is 1.61 bits per heavy atom. The van der Waals surface area contributed by atoms with Gasteiger partial charge >= 0.3 is 6.03 Å². The van der Waals surface area contributed by atoms with E-state index in [4.69, 9.17) is 9.57 Å². The molecular formula is C28H44N4O4. The Bertz CT molecular complexity index is 1050. The fraction of sp³-hybridized carbons (Fsp3) is 0.429. The summed E-state index contributed by atoms with van der Waals surface area (Å²) in [6, 6.07) is 13.7. The standard InChI is InChI=1S/C26H32N4O4.C2H6.3H2/c1-26(2,3)22-15-23(30-34-22)29-25(32)28-20-9-7-18(8-10-20)24(31)27-19-11-13-21(14-12-19)33-16-17-5-4-6-17;1-2;;;/h7-15,17,23,30H,4-6,16H2,1-3H3,(H,27,31)(H2,28,29,32);1-2H3;3*1H. The van der Waals surface area contributed by atoms with Crippen molar-refractivity contribution in [3.8, 4) is 5.75 Å². The van der Waals surface area contributed by atoms with E-state index in [0.717, 1.165) is 18.1 Å². The Morgan fingerprint density at radius 3 is 2.17 bits per heavy atom. The molecule has 2 aliphatic rings. The number of hydrogen-bond acceptors (Lipinski definition) is 5. The number of amides is 3. The van der Waals surface area contributed by atoms with Crippen LogP contribution in [0.15, 0.2) is 60.4 Å². The van der Waals surface area contributed by atoms with Gasteiger partial charge in [-0.3, -0.25) is 4.79 Å². The molecule has 1 aliphatic carbocycles. The SMILES string of the molecule is CC.CC(C)(C)C1=CC(NC(=O)Nc2ccc(C(=O)Nc3ccc(OCC4CCC4)cc3)cc2)NO1.[HH].[HH].[HH]. The Kier molecular flexibility index (Phi) is 9.36. The maximum Gasteiger partial charge on any atom is 0.320 e. The van der Waals surface area contributed by atoms with Crippen molar-refractivity contribution in [2.75, 3.05) is 17.2 Å². The molecule has 0 saturated heterocycles. The summed E-state index contributed by atoms with van der Waals surface area (Å²) in [7, 11) is 0. The number of hydroxylamine groups is 1. The second-order valence-corrected chi connectivity index (χ2v) is 9.74. The number of rotatable bonds is 7. The lowest BCUT2D eigenvalue weighted by molar-refractivity contribution is 0.0755. The van der Waals surface area contributed by atoms with Crippen LogP contribution in [0.2, 0.25) is 0 Å². The van der Waals surface area contributed by atoms with Crippen LogP contribution in [0.4, 0.5) is 16.2 Å². The molecule has 4 N–H and O–H groups in total. The number of carbonyl (C=O) groups is 2. The molecule has 8 nitrogen and oxygen atoms in total. The van der Waals surface area contributed by atoms with E-state index in [-0.39, 0.29) is 21.6 Å². The predicted molar refractivity (Wildman–Crippen MR) is 149 cm³/mol. The molecule has 0 aromatic heterocycles. The second-order valence-electron chi connectivity index (χ2n) is 9.74. The van der Waals surface area contributed by atoms with Gasteiger partial charge in [0.1, 0.15) is 17.7 Å².